The molecule has 2 aliphatic rings. The van der Waals surface area contributed by atoms with Crippen LogP contribution in [0.25, 0.3) is 0 Å². The minimum atomic E-state index is -3.93. The van der Waals surface area contributed by atoms with E-state index >= 15 is 0 Å². The van der Waals surface area contributed by atoms with Crippen LogP contribution in [0.15, 0.2) is 47.4 Å². The van der Waals surface area contributed by atoms with Crippen molar-refractivity contribution >= 4 is 16.0 Å². The number of nitrogens with one attached hydrogen (secondary N) is 1. The Morgan fingerprint density at radius 1 is 1.19 bits per heavy atom. The molecule has 2 fully saturated rings. The van der Waals surface area contributed by atoms with E-state index in [9.17, 15) is 18.5 Å². The van der Waals surface area contributed by atoms with Crippen molar-refractivity contribution in [3.63, 3.8) is 0 Å². The fraction of sp³-hybridized carbons (Fsp3) is 0.417. The van der Waals surface area contributed by atoms with Crippen molar-refractivity contribution in [1.82, 2.24) is 10.2 Å². The second kappa shape index (κ2) is 8.93. The lowest BCUT2D eigenvalue weighted by atomic mass is 9.92. The third-order valence-corrected chi connectivity index (χ3v) is 7.58. The van der Waals surface area contributed by atoms with Gasteiger partial charge in [0.25, 0.3) is 0 Å². The summed E-state index contributed by atoms with van der Waals surface area (Å²) in [4.78, 5) is 14.7. The number of benzene rings is 2. The lowest BCUT2D eigenvalue weighted by Crippen LogP contribution is -2.45. The predicted molar refractivity (Wildman–Crippen MR) is 120 cm³/mol. The Morgan fingerprint density at radius 3 is 2.66 bits per heavy atom. The number of carbonyl (C=O) groups is 1. The van der Waals surface area contributed by atoms with Crippen LogP contribution in [-0.2, 0) is 14.9 Å². The van der Waals surface area contributed by atoms with Gasteiger partial charge >= 0.3 is 10.1 Å². The highest BCUT2D eigenvalue weighted by atomic mass is 32.2. The van der Waals surface area contributed by atoms with E-state index in [-0.39, 0.29) is 34.6 Å². The molecule has 2 aromatic carbocycles. The first kappa shape index (κ1) is 22.3. The number of hydrogen-bond acceptors (Lipinski definition) is 6. The number of rotatable bonds is 5. The molecule has 1 amide bonds. The van der Waals surface area contributed by atoms with E-state index in [0.717, 1.165) is 29.5 Å². The Hall–Kier alpha value is -2.89. The number of nitriles is 1. The SMILES string of the molecule is Cc1ccc(S(=O)(=O)Oc2ccc(C)c([C@@H]3CN[C@H](C(=O)N4CCC[C@H]4C#N)C3)c2)cc1. The lowest BCUT2D eigenvalue weighted by Gasteiger charge is -2.23. The summed E-state index contributed by atoms with van der Waals surface area (Å²) in [7, 11) is -3.93. The van der Waals surface area contributed by atoms with Gasteiger partial charge in [-0.25, -0.2) is 0 Å². The van der Waals surface area contributed by atoms with E-state index in [2.05, 4.69) is 11.4 Å². The summed E-state index contributed by atoms with van der Waals surface area (Å²) in [5, 5.41) is 12.6. The van der Waals surface area contributed by atoms with Crippen molar-refractivity contribution in [1.29, 1.82) is 5.26 Å². The number of amides is 1. The Bertz CT molecular complexity index is 1150. The molecule has 32 heavy (non-hydrogen) atoms. The first-order valence-electron chi connectivity index (χ1n) is 10.8. The van der Waals surface area contributed by atoms with Crippen LogP contribution in [0.4, 0.5) is 0 Å². The normalized spacial score (nSPS) is 23.2. The highest BCUT2D eigenvalue weighted by Gasteiger charge is 2.37. The summed E-state index contributed by atoms with van der Waals surface area (Å²) in [6, 6.07) is 13.3. The van der Waals surface area contributed by atoms with Gasteiger partial charge in [-0.2, -0.15) is 13.7 Å². The summed E-state index contributed by atoms with van der Waals surface area (Å²) >= 11 is 0. The average molecular weight is 454 g/mol. The number of nitrogens with zero attached hydrogens (tertiary/aromatic N) is 2. The molecule has 2 heterocycles. The van der Waals surface area contributed by atoms with Gasteiger partial charge < -0.3 is 14.4 Å². The standard InChI is InChI=1S/C24H27N3O4S/c1-16-5-9-21(10-6-16)32(29,30)31-20-8-7-17(2)22(13-20)18-12-23(26-15-18)24(28)27-11-3-4-19(27)14-25/h5-10,13,18-19,23,26H,3-4,11-12,15H2,1-2H3/t18-,19-,23-/m0/s1. The van der Waals surface area contributed by atoms with Gasteiger partial charge in [0.05, 0.1) is 12.1 Å². The van der Waals surface area contributed by atoms with Gasteiger partial charge in [0.2, 0.25) is 5.91 Å². The summed E-state index contributed by atoms with van der Waals surface area (Å²) in [5.41, 5.74) is 2.94. The Morgan fingerprint density at radius 2 is 1.94 bits per heavy atom. The minimum Gasteiger partial charge on any atom is -0.379 e. The van der Waals surface area contributed by atoms with Crippen LogP contribution in [0.5, 0.6) is 5.75 Å². The maximum absolute atomic E-state index is 12.9. The number of hydrogen-bond donors (Lipinski definition) is 1. The molecule has 0 bridgehead atoms. The predicted octanol–water partition coefficient (Wildman–Crippen LogP) is 3.03. The van der Waals surface area contributed by atoms with Crippen LogP contribution in [-0.4, -0.2) is 44.4 Å². The van der Waals surface area contributed by atoms with Crippen molar-refractivity contribution < 1.29 is 17.4 Å². The van der Waals surface area contributed by atoms with Gasteiger partial charge in [0.15, 0.2) is 0 Å². The highest BCUT2D eigenvalue weighted by molar-refractivity contribution is 7.87. The molecule has 2 aliphatic heterocycles. The van der Waals surface area contributed by atoms with Gasteiger partial charge in [0, 0.05) is 13.1 Å². The molecule has 0 aliphatic carbocycles. The molecule has 0 unspecified atom stereocenters. The molecule has 7 nitrogen and oxygen atoms in total. The first-order chi connectivity index (χ1) is 15.3. The molecule has 2 saturated heterocycles. The molecule has 3 atom stereocenters. The second-order valence-corrected chi connectivity index (χ2v) is 10.1. The maximum Gasteiger partial charge on any atom is 0.339 e. The van der Waals surface area contributed by atoms with E-state index in [4.69, 9.17) is 4.18 Å². The van der Waals surface area contributed by atoms with Crippen LogP contribution in [0, 0.1) is 25.2 Å². The zero-order valence-electron chi connectivity index (χ0n) is 18.2. The van der Waals surface area contributed by atoms with Gasteiger partial charge in [-0.1, -0.05) is 23.8 Å². The highest BCUT2D eigenvalue weighted by Crippen LogP contribution is 2.33. The largest absolute Gasteiger partial charge is 0.379 e. The molecular weight excluding hydrogens is 426 g/mol. The summed E-state index contributed by atoms with van der Waals surface area (Å²) in [6.45, 7) is 5.09. The van der Waals surface area contributed by atoms with Crippen LogP contribution < -0.4 is 9.50 Å². The van der Waals surface area contributed by atoms with Gasteiger partial charge in [0.1, 0.15) is 16.7 Å². The third kappa shape index (κ3) is 4.50. The zero-order valence-corrected chi connectivity index (χ0v) is 19.1. The minimum absolute atomic E-state index is 0.0245. The topological polar surface area (TPSA) is 99.5 Å². The van der Waals surface area contributed by atoms with Crippen molar-refractivity contribution in [2.24, 2.45) is 0 Å². The number of aryl methyl sites for hydroxylation is 2. The van der Waals surface area contributed by atoms with Crippen molar-refractivity contribution in [2.75, 3.05) is 13.1 Å². The van der Waals surface area contributed by atoms with E-state index < -0.39 is 10.1 Å². The van der Waals surface area contributed by atoms with E-state index in [1.807, 2.05) is 19.9 Å². The molecule has 2 aromatic rings. The molecule has 168 valence electrons. The van der Waals surface area contributed by atoms with Crippen LogP contribution >= 0.6 is 0 Å². The Balaban J connectivity index is 1.49. The van der Waals surface area contributed by atoms with Gasteiger partial charge in [-0.3, -0.25) is 4.79 Å². The molecule has 0 saturated carbocycles. The molecule has 0 aromatic heterocycles. The van der Waals surface area contributed by atoms with Crippen molar-refractivity contribution in [3.05, 3.63) is 59.2 Å². The molecule has 0 radical (unpaired) electrons. The maximum atomic E-state index is 12.9. The van der Waals surface area contributed by atoms with Crippen LogP contribution in [0.2, 0.25) is 0 Å². The quantitative estimate of drug-likeness (QED) is 0.699. The monoisotopic (exact) mass is 453 g/mol. The second-order valence-electron chi connectivity index (χ2n) is 8.58. The average Bonchev–Trinajstić information content (AvgIpc) is 3.44. The fourth-order valence-electron chi connectivity index (χ4n) is 4.52. The van der Waals surface area contributed by atoms with Gasteiger partial charge in [-0.05, 0) is 74.4 Å². The Labute approximate surface area is 189 Å². The summed E-state index contributed by atoms with van der Waals surface area (Å²) < 4.78 is 30.7. The zero-order chi connectivity index (χ0) is 22.9. The molecule has 4 rings (SSSR count). The lowest BCUT2D eigenvalue weighted by molar-refractivity contribution is -0.133. The van der Waals surface area contributed by atoms with Gasteiger partial charge in [-0.15, -0.1) is 0 Å². The van der Waals surface area contributed by atoms with E-state index in [1.54, 1.807) is 29.2 Å². The summed E-state index contributed by atoms with van der Waals surface area (Å²) in [6.07, 6.45) is 2.18. The van der Waals surface area contributed by atoms with Crippen molar-refractivity contribution in [3.8, 4) is 11.8 Å². The third-order valence-electron chi connectivity index (χ3n) is 6.32. The first-order valence-corrected chi connectivity index (χ1v) is 12.2. The van der Waals surface area contributed by atoms with E-state index in [1.165, 1.54) is 12.1 Å². The molecule has 8 heteroatoms. The molecule has 1 N–H and O–H groups in total. The molecular formula is C24H27N3O4S. The number of carbonyl (C=O) groups excluding carboxylic acids is 1. The van der Waals surface area contributed by atoms with Crippen LogP contribution in [0.3, 0.4) is 0 Å². The van der Waals surface area contributed by atoms with E-state index in [0.29, 0.717) is 19.5 Å². The smallest absolute Gasteiger partial charge is 0.339 e. The number of likely N-dealkylation sites (tertiary alicyclic amines) is 1. The van der Waals surface area contributed by atoms with Crippen molar-refractivity contribution in [2.45, 2.75) is 56.0 Å². The fourth-order valence-corrected chi connectivity index (χ4v) is 5.44. The summed E-state index contributed by atoms with van der Waals surface area (Å²) in [5.74, 6) is 0.284. The molecule has 0 spiro atoms. The van der Waals surface area contributed by atoms with Crippen LogP contribution in [0.1, 0.15) is 41.9 Å². The Kier molecular flexibility index (Phi) is 6.22.